The molecule has 1 atom stereocenters. The number of Topliss-reactive ketones (excluding diaryl/α,β-unsaturated/α-hetero) is 1. The maximum absolute atomic E-state index is 15.1. The summed E-state index contributed by atoms with van der Waals surface area (Å²) in [5, 5.41) is 7.28. The van der Waals surface area contributed by atoms with Gasteiger partial charge in [0, 0.05) is 37.7 Å². The van der Waals surface area contributed by atoms with Crippen LogP contribution in [0.2, 0.25) is 0 Å². The molecule has 3 amide bonds. The Kier molecular flexibility index (Phi) is 8.69. The van der Waals surface area contributed by atoms with E-state index in [4.69, 9.17) is 9.57 Å². The number of cyclic esters (lactones) is 1. The summed E-state index contributed by atoms with van der Waals surface area (Å²) in [7, 11) is 0. The van der Waals surface area contributed by atoms with Gasteiger partial charge in [-0.05, 0) is 32.4 Å². The summed E-state index contributed by atoms with van der Waals surface area (Å²) in [5.41, 5.74) is -0.417. The van der Waals surface area contributed by atoms with Crippen molar-refractivity contribution in [2.24, 2.45) is 0 Å². The number of hydrogen-bond donors (Lipinski definition) is 2. The molecule has 10 nitrogen and oxygen atoms in total. The van der Waals surface area contributed by atoms with Gasteiger partial charge in [0.1, 0.15) is 11.8 Å². The topological polar surface area (TPSA) is 103 Å². The first-order valence-corrected chi connectivity index (χ1v) is 12.2. The molecule has 2 N–H and O–H groups in total. The van der Waals surface area contributed by atoms with Crippen LogP contribution in [0.25, 0.3) is 0 Å². The number of halogens is 4. The fraction of sp³-hybridized carbons (Fsp3) is 0.609. The SMILES string of the molecule is O=C(CC[C@H]1CN(c2cc(F)c(N3CCON(C(=O)NC4CCNCC4)CC3)c(F)c2)C(=O)O1)C(F)F. The van der Waals surface area contributed by atoms with E-state index < -0.39 is 48.5 Å². The van der Waals surface area contributed by atoms with Crippen LogP contribution in [0, 0.1) is 11.6 Å². The summed E-state index contributed by atoms with van der Waals surface area (Å²) in [4.78, 5) is 43.8. The van der Waals surface area contributed by atoms with E-state index in [0.717, 1.165) is 48.0 Å². The maximum atomic E-state index is 15.1. The lowest BCUT2D eigenvalue weighted by atomic mass is 10.1. The first kappa shape index (κ1) is 26.9. The number of amides is 3. The number of piperidine rings is 1. The lowest BCUT2D eigenvalue weighted by Gasteiger charge is -2.27. The van der Waals surface area contributed by atoms with E-state index in [1.54, 1.807) is 0 Å². The fourth-order valence-corrected chi connectivity index (χ4v) is 4.55. The van der Waals surface area contributed by atoms with Crippen LogP contribution in [0.4, 0.5) is 38.5 Å². The number of alkyl halides is 2. The molecule has 0 aliphatic carbocycles. The van der Waals surface area contributed by atoms with Gasteiger partial charge < -0.3 is 20.3 Å². The van der Waals surface area contributed by atoms with Crippen LogP contribution >= 0.6 is 0 Å². The number of hydroxylamine groups is 2. The number of carbonyl (C=O) groups excluding carboxylic acids is 3. The van der Waals surface area contributed by atoms with Crippen LogP contribution in [0.1, 0.15) is 25.7 Å². The number of carbonyl (C=O) groups is 3. The van der Waals surface area contributed by atoms with Crippen molar-refractivity contribution >= 4 is 29.3 Å². The number of hydrogen-bond acceptors (Lipinski definition) is 7. The molecule has 1 aromatic rings. The van der Waals surface area contributed by atoms with Crippen LogP contribution in [0.5, 0.6) is 0 Å². The quantitative estimate of drug-likeness (QED) is 0.521. The minimum absolute atomic E-state index is 0.0255. The Morgan fingerprint density at radius 3 is 2.49 bits per heavy atom. The fourth-order valence-electron chi connectivity index (χ4n) is 4.55. The molecule has 0 unspecified atom stereocenters. The molecule has 14 heteroatoms. The van der Waals surface area contributed by atoms with Crippen molar-refractivity contribution in [1.29, 1.82) is 0 Å². The van der Waals surface area contributed by atoms with Crippen molar-refractivity contribution in [2.75, 3.05) is 55.7 Å². The van der Waals surface area contributed by atoms with Crippen LogP contribution in [0.15, 0.2) is 12.1 Å². The zero-order valence-corrected chi connectivity index (χ0v) is 20.1. The van der Waals surface area contributed by atoms with E-state index in [0.29, 0.717) is 0 Å². The van der Waals surface area contributed by atoms with E-state index in [9.17, 15) is 23.2 Å². The van der Waals surface area contributed by atoms with Gasteiger partial charge in [-0.25, -0.2) is 32.2 Å². The van der Waals surface area contributed by atoms with Gasteiger partial charge in [-0.2, -0.15) is 0 Å². The molecule has 3 fully saturated rings. The van der Waals surface area contributed by atoms with Crippen molar-refractivity contribution in [1.82, 2.24) is 15.7 Å². The number of ketones is 1. The van der Waals surface area contributed by atoms with Crippen molar-refractivity contribution in [2.45, 2.75) is 44.3 Å². The molecule has 0 aromatic heterocycles. The smallest absolute Gasteiger partial charge is 0.414 e. The second-order valence-corrected chi connectivity index (χ2v) is 9.08. The molecule has 3 heterocycles. The first-order chi connectivity index (χ1) is 17.7. The Hall–Kier alpha value is -3.13. The zero-order valence-electron chi connectivity index (χ0n) is 20.1. The Morgan fingerprint density at radius 2 is 1.81 bits per heavy atom. The summed E-state index contributed by atoms with van der Waals surface area (Å²) in [6.07, 6.45) is -3.85. The maximum Gasteiger partial charge on any atom is 0.414 e. The third-order valence-corrected chi connectivity index (χ3v) is 6.53. The molecule has 37 heavy (non-hydrogen) atoms. The molecule has 0 saturated carbocycles. The summed E-state index contributed by atoms with van der Waals surface area (Å²) in [6.45, 7) is 1.82. The van der Waals surface area contributed by atoms with E-state index in [2.05, 4.69) is 10.6 Å². The third kappa shape index (κ3) is 6.60. The predicted octanol–water partition coefficient (Wildman–Crippen LogP) is 2.42. The van der Waals surface area contributed by atoms with E-state index in [-0.39, 0.29) is 56.6 Å². The summed E-state index contributed by atoms with van der Waals surface area (Å²) < 4.78 is 60.0. The molecule has 0 spiro atoms. The third-order valence-electron chi connectivity index (χ3n) is 6.53. The highest BCUT2D eigenvalue weighted by Crippen LogP contribution is 2.32. The normalized spacial score (nSPS) is 21.3. The molecule has 3 saturated heterocycles. The highest BCUT2D eigenvalue weighted by Gasteiger charge is 2.35. The number of nitrogens with zero attached hydrogens (tertiary/aromatic N) is 3. The molecule has 0 bridgehead atoms. The van der Waals surface area contributed by atoms with Crippen molar-refractivity contribution in [3.63, 3.8) is 0 Å². The number of nitrogens with one attached hydrogen (secondary N) is 2. The lowest BCUT2D eigenvalue weighted by Crippen LogP contribution is -2.49. The molecule has 1 aromatic carbocycles. The van der Waals surface area contributed by atoms with E-state index in [1.165, 1.54) is 4.90 Å². The summed E-state index contributed by atoms with van der Waals surface area (Å²) >= 11 is 0. The van der Waals surface area contributed by atoms with Gasteiger partial charge in [0.25, 0.3) is 6.43 Å². The van der Waals surface area contributed by atoms with Gasteiger partial charge in [-0.15, -0.1) is 0 Å². The van der Waals surface area contributed by atoms with Crippen molar-refractivity contribution in [3.8, 4) is 0 Å². The van der Waals surface area contributed by atoms with Gasteiger partial charge >= 0.3 is 12.1 Å². The van der Waals surface area contributed by atoms with Crippen LogP contribution in [-0.4, -0.2) is 87.4 Å². The monoisotopic (exact) mass is 531 g/mol. The molecule has 3 aliphatic rings. The standard InChI is InChI=1S/C23H29F4N5O5/c24-17-11-15(31-13-16(37-23(31)35)1-2-19(33)21(26)27)12-18(25)20(17)30-7-8-32(36-10-9-30)22(34)29-14-3-5-28-6-4-14/h11-12,14,16,21,28H,1-10,13H2,(H,29,34)/t16-/m0/s1. The largest absolute Gasteiger partial charge is 0.444 e. The van der Waals surface area contributed by atoms with Crippen molar-refractivity contribution < 1.29 is 41.5 Å². The van der Waals surface area contributed by atoms with Gasteiger partial charge in [-0.3, -0.25) is 14.5 Å². The van der Waals surface area contributed by atoms with E-state index in [1.807, 2.05) is 0 Å². The van der Waals surface area contributed by atoms with Crippen molar-refractivity contribution in [3.05, 3.63) is 23.8 Å². The van der Waals surface area contributed by atoms with Crippen LogP contribution < -0.4 is 20.4 Å². The Morgan fingerprint density at radius 1 is 1.11 bits per heavy atom. The highest BCUT2D eigenvalue weighted by atomic mass is 19.3. The number of rotatable bonds is 7. The van der Waals surface area contributed by atoms with Gasteiger partial charge in [0.2, 0.25) is 0 Å². The molecule has 0 radical (unpaired) electrons. The minimum Gasteiger partial charge on any atom is -0.444 e. The first-order valence-electron chi connectivity index (χ1n) is 12.2. The van der Waals surface area contributed by atoms with Crippen LogP contribution in [0.3, 0.4) is 0 Å². The molecular weight excluding hydrogens is 502 g/mol. The summed E-state index contributed by atoms with van der Waals surface area (Å²) in [5.74, 6) is -3.11. The Labute approximate surface area is 210 Å². The van der Waals surface area contributed by atoms with Gasteiger partial charge in [-0.1, -0.05) is 0 Å². The second-order valence-electron chi connectivity index (χ2n) is 9.08. The van der Waals surface area contributed by atoms with Gasteiger partial charge in [0.15, 0.2) is 17.4 Å². The number of ether oxygens (including phenoxy) is 1. The van der Waals surface area contributed by atoms with Gasteiger partial charge in [0.05, 0.1) is 25.4 Å². The zero-order chi connectivity index (χ0) is 26.5. The minimum atomic E-state index is -3.11. The summed E-state index contributed by atoms with van der Waals surface area (Å²) in [6, 6.07) is 1.60. The molecule has 3 aliphatic heterocycles. The second kappa shape index (κ2) is 11.9. The lowest BCUT2D eigenvalue weighted by molar-refractivity contribution is -0.129. The van der Waals surface area contributed by atoms with E-state index >= 15 is 8.78 Å². The number of anilines is 2. The number of benzene rings is 1. The number of urea groups is 1. The highest BCUT2D eigenvalue weighted by molar-refractivity contribution is 5.90. The molecule has 4 rings (SSSR count). The Bertz CT molecular complexity index is 987. The predicted molar refractivity (Wildman–Crippen MR) is 124 cm³/mol. The Balaban J connectivity index is 1.37. The molecular formula is C23H29F4N5O5. The van der Waals surface area contributed by atoms with Crippen LogP contribution in [-0.2, 0) is 14.4 Å². The molecule has 204 valence electrons. The average Bonchev–Trinajstić information content (AvgIpc) is 3.07. The average molecular weight is 532 g/mol.